The van der Waals surface area contributed by atoms with Crippen molar-refractivity contribution in [3.8, 4) is 11.6 Å². The fourth-order valence-electron chi connectivity index (χ4n) is 4.86. The molecule has 9 heteroatoms. The lowest BCUT2D eigenvalue weighted by molar-refractivity contribution is -0.116. The summed E-state index contributed by atoms with van der Waals surface area (Å²) >= 11 is 0. The third-order valence-corrected chi connectivity index (χ3v) is 7.00. The quantitative estimate of drug-likeness (QED) is 0.170. The number of rotatable bonds is 12. The van der Waals surface area contributed by atoms with Crippen LogP contribution in [0.15, 0.2) is 85.1 Å². The van der Waals surface area contributed by atoms with Crippen LogP contribution in [0.4, 0.5) is 4.79 Å². The van der Waals surface area contributed by atoms with Crippen molar-refractivity contribution < 1.29 is 23.8 Å². The Hall–Kier alpha value is -5.05. The van der Waals surface area contributed by atoms with Crippen LogP contribution < -0.4 is 14.8 Å². The van der Waals surface area contributed by atoms with Crippen LogP contribution in [0.3, 0.4) is 0 Å². The highest BCUT2D eigenvalue weighted by Crippen LogP contribution is 2.36. The van der Waals surface area contributed by atoms with E-state index in [1.165, 1.54) is 11.0 Å². The first kappa shape index (κ1) is 32.9. The predicted octanol–water partition coefficient (Wildman–Crippen LogP) is 6.86. The first-order valence-electron chi connectivity index (χ1n) is 15.0. The van der Waals surface area contributed by atoms with Crippen LogP contribution >= 0.6 is 0 Å². The minimum atomic E-state index is -0.656. The average molecular weight is 611 g/mol. The highest BCUT2D eigenvalue weighted by molar-refractivity contribution is 6.00. The smallest absolute Gasteiger partial charge is 0.410 e. The average Bonchev–Trinajstić information content (AvgIpc) is 3.46. The van der Waals surface area contributed by atoms with Crippen molar-refractivity contribution >= 4 is 34.0 Å². The summed E-state index contributed by atoms with van der Waals surface area (Å²) in [7, 11) is 3.22. The van der Waals surface area contributed by atoms with Gasteiger partial charge in [-0.05, 0) is 68.7 Å². The minimum Gasteiger partial charge on any atom is -0.497 e. The second kappa shape index (κ2) is 15.1. The minimum absolute atomic E-state index is 0.189. The van der Waals surface area contributed by atoms with Crippen molar-refractivity contribution in [2.24, 2.45) is 0 Å². The molecule has 0 radical (unpaired) electrons. The summed E-state index contributed by atoms with van der Waals surface area (Å²) in [6, 6.07) is 22.3. The molecule has 2 N–H and O–H groups in total. The molecular weight excluding hydrogens is 568 g/mol. The van der Waals surface area contributed by atoms with E-state index in [1.807, 2.05) is 69.4 Å². The topological polar surface area (TPSA) is 106 Å². The maximum Gasteiger partial charge on any atom is 0.410 e. The number of nitrogens with zero attached hydrogens (tertiary/aromatic N) is 2. The largest absolute Gasteiger partial charge is 0.497 e. The summed E-state index contributed by atoms with van der Waals surface area (Å²) in [5.41, 5.74) is 5.58. The number of ether oxygens (including phenoxy) is 3. The molecule has 0 spiro atoms. The number of H-pyrrole nitrogens is 1. The van der Waals surface area contributed by atoms with E-state index in [0.717, 1.165) is 51.0 Å². The van der Waals surface area contributed by atoms with Gasteiger partial charge in [-0.1, -0.05) is 43.3 Å². The first-order valence-corrected chi connectivity index (χ1v) is 15.0. The van der Waals surface area contributed by atoms with Gasteiger partial charge >= 0.3 is 6.09 Å². The molecule has 0 saturated heterocycles. The monoisotopic (exact) mass is 610 g/mol. The highest BCUT2D eigenvalue weighted by atomic mass is 16.6. The lowest BCUT2D eigenvalue weighted by Gasteiger charge is -2.26. The Labute approximate surface area is 264 Å². The molecule has 2 heterocycles. The number of fused-ring (bicyclic) bond motifs is 1. The van der Waals surface area contributed by atoms with Gasteiger partial charge in [0.15, 0.2) is 0 Å². The molecule has 236 valence electrons. The van der Waals surface area contributed by atoms with Crippen molar-refractivity contribution in [3.63, 3.8) is 0 Å². The number of pyridine rings is 1. The van der Waals surface area contributed by atoms with Gasteiger partial charge in [0, 0.05) is 59.7 Å². The van der Waals surface area contributed by atoms with Crippen molar-refractivity contribution in [2.75, 3.05) is 33.9 Å². The number of benzene rings is 2. The number of carbonyl (C=O) groups excluding carboxylic acids is 2. The molecule has 2 aromatic heterocycles. The van der Waals surface area contributed by atoms with Gasteiger partial charge in [0.05, 0.1) is 13.7 Å². The SMILES string of the molecule is CC/C(=C(/c1ccc(OCCN(C/C=C/C(=O)NC)C(=O)OC(C)(C)C)nc1)c1cc2ccccc2[nH]1)c1cccc(OC)c1. The van der Waals surface area contributed by atoms with E-state index in [4.69, 9.17) is 14.2 Å². The van der Waals surface area contributed by atoms with Crippen LogP contribution in [-0.4, -0.2) is 66.3 Å². The number of allylic oxidation sites excluding steroid dienone is 1. The van der Waals surface area contributed by atoms with Crippen LogP contribution in [0.2, 0.25) is 0 Å². The Bertz CT molecular complexity index is 1630. The predicted molar refractivity (Wildman–Crippen MR) is 178 cm³/mol. The Balaban J connectivity index is 1.58. The second-order valence-electron chi connectivity index (χ2n) is 11.4. The number of para-hydroxylation sites is 1. The maximum atomic E-state index is 12.8. The summed E-state index contributed by atoms with van der Waals surface area (Å²) in [5.74, 6) is 0.971. The molecular formula is C36H42N4O5. The van der Waals surface area contributed by atoms with E-state index in [9.17, 15) is 9.59 Å². The van der Waals surface area contributed by atoms with Crippen LogP contribution in [0, 0.1) is 0 Å². The molecule has 0 atom stereocenters. The molecule has 0 saturated carbocycles. The van der Waals surface area contributed by atoms with E-state index in [-0.39, 0.29) is 25.6 Å². The van der Waals surface area contributed by atoms with Crippen LogP contribution in [-0.2, 0) is 9.53 Å². The summed E-state index contributed by atoms with van der Waals surface area (Å²) in [6.45, 7) is 8.19. The zero-order chi connectivity index (χ0) is 32.4. The number of aromatic nitrogens is 2. The fraction of sp³-hybridized carbons (Fsp3) is 0.306. The molecule has 2 aromatic carbocycles. The van der Waals surface area contributed by atoms with Gasteiger partial charge in [0.2, 0.25) is 11.8 Å². The van der Waals surface area contributed by atoms with Crippen LogP contribution in [0.1, 0.15) is 50.9 Å². The van der Waals surface area contributed by atoms with Crippen molar-refractivity contribution in [3.05, 3.63) is 102 Å². The summed E-state index contributed by atoms with van der Waals surface area (Å²) in [6.07, 6.45) is 5.09. The Kier molecular flexibility index (Phi) is 11.0. The van der Waals surface area contributed by atoms with E-state index in [1.54, 1.807) is 20.2 Å². The fourth-order valence-corrected chi connectivity index (χ4v) is 4.86. The zero-order valence-electron chi connectivity index (χ0n) is 26.8. The van der Waals surface area contributed by atoms with E-state index >= 15 is 0 Å². The number of hydrogen-bond acceptors (Lipinski definition) is 6. The molecule has 45 heavy (non-hydrogen) atoms. The molecule has 0 fully saturated rings. The van der Waals surface area contributed by atoms with Crippen LogP contribution in [0.25, 0.3) is 22.0 Å². The standard InChI is InChI=1S/C36H42N4O5/c1-7-29(25-13-10-14-28(22-25)43-6)34(31-23-26-12-8-9-15-30(26)39-31)27-17-18-33(38-24-27)44-21-20-40(19-11-16-32(41)37-5)35(42)45-36(2,3)4/h8-18,22-24,39H,7,19-21H2,1-6H3,(H,37,41)/b16-11+,34-29+. The Morgan fingerprint density at radius 1 is 1.02 bits per heavy atom. The number of hydrogen-bond donors (Lipinski definition) is 2. The van der Waals surface area contributed by atoms with Gasteiger partial charge in [-0.3, -0.25) is 4.79 Å². The molecule has 9 nitrogen and oxygen atoms in total. The molecule has 4 rings (SSSR count). The Morgan fingerprint density at radius 2 is 1.82 bits per heavy atom. The van der Waals surface area contributed by atoms with Gasteiger partial charge in [-0.2, -0.15) is 0 Å². The Morgan fingerprint density at radius 3 is 2.49 bits per heavy atom. The number of nitrogens with one attached hydrogen (secondary N) is 2. The molecule has 0 aliphatic heterocycles. The number of methoxy groups -OCH3 is 1. The summed E-state index contributed by atoms with van der Waals surface area (Å²) < 4.78 is 17.0. The molecule has 0 aliphatic rings. The lowest BCUT2D eigenvalue weighted by atomic mass is 9.91. The van der Waals surface area contributed by atoms with Gasteiger partial charge in [-0.25, -0.2) is 9.78 Å². The third kappa shape index (κ3) is 8.98. The zero-order valence-corrected chi connectivity index (χ0v) is 26.8. The van der Waals surface area contributed by atoms with E-state index in [0.29, 0.717) is 5.88 Å². The van der Waals surface area contributed by atoms with Gasteiger partial charge in [0.25, 0.3) is 0 Å². The molecule has 0 unspecified atom stereocenters. The van der Waals surface area contributed by atoms with Crippen molar-refractivity contribution in [2.45, 2.75) is 39.7 Å². The van der Waals surface area contributed by atoms with Crippen LogP contribution in [0.5, 0.6) is 11.6 Å². The molecule has 4 aromatic rings. The summed E-state index contributed by atoms with van der Waals surface area (Å²) in [5, 5.41) is 3.64. The first-order chi connectivity index (χ1) is 21.6. The van der Waals surface area contributed by atoms with Crippen molar-refractivity contribution in [1.29, 1.82) is 0 Å². The lowest BCUT2D eigenvalue weighted by Crippen LogP contribution is -2.39. The normalized spacial score (nSPS) is 12.1. The number of amides is 2. The molecule has 2 amide bonds. The van der Waals surface area contributed by atoms with E-state index in [2.05, 4.69) is 46.5 Å². The second-order valence-corrected chi connectivity index (χ2v) is 11.4. The molecule has 0 aliphatic carbocycles. The summed E-state index contributed by atoms with van der Waals surface area (Å²) in [4.78, 5) is 34.1. The number of carbonyl (C=O) groups is 2. The highest BCUT2D eigenvalue weighted by Gasteiger charge is 2.22. The third-order valence-electron chi connectivity index (χ3n) is 7.00. The maximum absolute atomic E-state index is 12.8. The number of likely N-dealkylation sites (N-methyl/N-ethyl adjacent to an activating group) is 1. The van der Waals surface area contributed by atoms with Gasteiger partial charge in [0.1, 0.15) is 18.0 Å². The van der Waals surface area contributed by atoms with Gasteiger partial charge < -0.3 is 29.4 Å². The number of aromatic amines is 1. The molecule has 0 bridgehead atoms. The van der Waals surface area contributed by atoms with E-state index < -0.39 is 11.7 Å². The van der Waals surface area contributed by atoms with Crippen molar-refractivity contribution in [1.82, 2.24) is 20.2 Å². The van der Waals surface area contributed by atoms with Gasteiger partial charge in [-0.15, -0.1) is 0 Å².